The number of carbonyl (C=O) groups is 3. The Bertz CT molecular complexity index is 1240. The smallest absolute Gasteiger partial charge is 0.417 e. The molecule has 2 aliphatic rings. The van der Waals surface area contributed by atoms with Crippen molar-refractivity contribution in [3.8, 4) is 0 Å². The Balaban J connectivity index is 1.48. The summed E-state index contributed by atoms with van der Waals surface area (Å²) in [6.45, 7) is 0.222. The third kappa shape index (κ3) is 8.63. The second kappa shape index (κ2) is 14.3. The molecule has 0 saturated heterocycles. The molecular formula is C31H37ClF3N3O4. The molecule has 7 nitrogen and oxygen atoms in total. The van der Waals surface area contributed by atoms with Gasteiger partial charge in [-0.3, -0.25) is 9.59 Å². The summed E-state index contributed by atoms with van der Waals surface area (Å²) in [4.78, 5) is 38.3. The lowest BCUT2D eigenvalue weighted by atomic mass is 9.72. The van der Waals surface area contributed by atoms with E-state index in [1.165, 1.54) is 38.2 Å². The van der Waals surface area contributed by atoms with Gasteiger partial charge in [0.15, 0.2) is 0 Å². The van der Waals surface area contributed by atoms with Crippen LogP contribution in [0, 0.1) is 11.8 Å². The van der Waals surface area contributed by atoms with Gasteiger partial charge in [0, 0.05) is 30.4 Å². The van der Waals surface area contributed by atoms with E-state index in [0.29, 0.717) is 11.5 Å². The first-order valence-corrected chi connectivity index (χ1v) is 14.9. The number of carboxylic acid groups (broad SMARTS) is 1. The molecular weight excluding hydrogens is 571 g/mol. The molecule has 4 rings (SSSR count). The van der Waals surface area contributed by atoms with Gasteiger partial charge in [-0.15, -0.1) is 0 Å². The van der Waals surface area contributed by atoms with Crippen LogP contribution in [0.4, 0.5) is 23.7 Å². The number of rotatable bonds is 9. The first-order valence-electron chi connectivity index (χ1n) is 14.5. The molecule has 0 radical (unpaired) electrons. The maximum absolute atomic E-state index is 13.6. The SMILES string of the molecule is O=C(O)CCNC(=O)c1ccc(CN(C(=O)Nc2ccc(Cl)c(C(F)(F)F)c2)C2CCC(C3CCCCC3)CC2)cc1. The van der Waals surface area contributed by atoms with Crippen LogP contribution in [-0.2, 0) is 17.5 Å². The van der Waals surface area contributed by atoms with Gasteiger partial charge < -0.3 is 20.6 Å². The van der Waals surface area contributed by atoms with Crippen molar-refractivity contribution >= 4 is 35.2 Å². The van der Waals surface area contributed by atoms with Gasteiger partial charge in [-0.05, 0) is 73.4 Å². The van der Waals surface area contributed by atoms with Gasteiger partial charge in [-0.25, -0.2) is 4.79 Å². The zero-order valence-electron chi connectivity index (χ0n) is 23.4. The van der Waals surface area contributed by atoms with Gasteiger partial charge in [0.25, 0.3) is 5.91 Å². The number of nitrogens with zero attached hydrogens (tertiary/aromatic N) is 1. The van der Waals surface area contributed by atoms with Gasteiger partial charge in [0.05, 0.1) is 17.0 Å². The van der Waals surface area contributed by atoms with Gasteiger partial charge in [-0.2, -0.15) is 13.2 Å². The van der Waals surface area contributed by atoms with E-state index in [-0.39, 0.29) is 31.2 Å². The van der Waals surface area contributed by atoms with Crippen LogP contribution in [0.5, 0.6) is 0 Å². The van der Waals surface area contributed by atoms with Crippen molar-refractivity contribution in [2.45, 2.75) is 83.0 Å². The number of anilines is 1. The van der Waals surface area contributed by atoms with Crippen molar-refractivity contribution in [1.29, 1.82) is 0 Å². The summed E-state index contributed by atoms with van der Waals surface area (Å²) >= 11 is 5.77. The third-order valence-corrected chi connectivity index (χ3v) is 8.81. The topological polar surface area (TPSA) is 98.7 Å². The first kappa shape index (κ1) is 31.7. The standard InChI is InChI=1S/C31H37ClF3N3O4/c32-27-15-12-24(18-26(27)31(33,34)35)37-30(42)38(25-13-10-22(11-14-25)21-4-2-1-3-5-21)19-20-6-8-23(9-7-20)29(41)36-17-16-28(39)40/h6-9,12,15,18,21-22,25H,1-5,10-11,13-14,16-17,19H2,(H,36,41)(H,37,42)(H,39,40). The van der Waals surface area contributed by atoms with Gasteiger partial charge >= 0.3 is 18.2 Å². The average Bonchev–Trinajstić information content (AvgIpc) is 2.97. The molecule has 0 aromatic heterocycles. The Labute approximate surface area is 248 Å². The van der Waals surface area contributed by atoms with E-state index in [0.717, 1.165) is 49.3 Å². The molecule has 3 N–H and O–H groups in total. The summed E-state index contributed by atoms with van der Waals surface area (Å²) < 4.78 is 40.3. The molecule has 2 aromatic carbocycles. The lowest BCUT2D eigenvalue weighted by Gasteiger charge is -2.40. The van der Waals surface area contributed by atoms with Crippen molar-refractivity contribution in [3.63, 3.8) is 0 Å². The van der Waals surface area contributed by atoms with E-state index < -0.39 is 34.7 Å². The second-order valence-electron chi connectivity index (χ2n) is 11.3. The maximum Gasteiger partial charge on any atom is 0.417 e. The van der Waals surface area contributed by atoms with Crippen LogP contribution in [0.25, 0.3) is 0 Å². The molecule has 42 heavy (non-hydrogen) atoms. The van der Waals surface area contributed by atoms with E-state index in [1.54, 1.807) is 29.2 Å². The van der Waals surface area contributed by atoms with E-state index in [2.05, 4.69) is 10.6 Å². The molecule has 2 saturated carbocycles. The zero-order chi connectivity index (χ0) is 30.3. The molecule has 2 aromatic rings. The number of alkyl halides is 3. The lowest BCUT2D eigenvalue weighted by Crippen LogP contribution is -2.44. The number of urea groups is 1. The van der Waals surface area contributed by atoms with Crippen LogP contribution in [0.3, 0.4) is 0 Å². The average molecular weight is 608 g/mol. The predicted octanol–water partition coefficient (Wildman–Crippen LogP) is 7.74. The van der Waals surface area contributed by atoms with Crippen molar-refractivity contribution in [3.05, 3.63) is 64.2 Å². The van der Waals surface area contributed by atoms with Crippen LogP contribution >= 0.6 is 11.6 Å². The minimum absolute atomic E-state index is 0.00555. The van der Waals surface area contributed by atoms with E-state index in [4.69, 9.17) is 16.7 Å². The Kier molecular flexibility index (Phi) is 10.8. The summed E-state index contributed by atoms with van der Waals surface area (Å²) in [5.74, 6) is -0.0475. The summed E-state index contributed by atoms with van der Waals surface area (Å²) in [6.07, 6.45) is 5.15. The van der Waals surface area contributed by atoms with Crippen LogP contribution in [0.1, 0.15) is 85.7 Å². The largest absolute Gasteiger partial charge is 0.481 e. The summed E-state index contributed by atoms with van der Waals surface area (Å²) in [5.41, 5.74) is 0.104. The molecule has 228 valence electrons. The van der Waals surface area contributed by atoms with Gasteiger partial charge in [0.1, 0.15) is 0 Å². The number of carbonyl (C=O) groups excluding carboxylic acids is 2. The monoisotopic (exact) mass is 607 g/mol. The lowest BCUT2D eigenvalue weighted by molar-refractivity contribution is -0.138. The maximum atomic E-state index is 13.6. The number of carboxylic acids is 1. The highest BCUT2D eigenvalue weighted by atomic mass is 35.5. The Hall–Kier alpha value is -3.27. The van der Waals surface area contributed by atoms with Crippen molar-refractivity contribution in [2.75, 3.05) is 11.9 Å². The molecule has 3 amide bonds. The van der Waals surface area contributed by atoms with E-state index in [1.807, 2.05) is 0 Å². The Morgan fingerprint density at radius 2 is 1.55 bits per heavy atom. The number of benzene rings is 2. The van der Waals surface area contributed by atoms with Crippen LogP contribution in [-0.4, -0.2) is 40.5 Å². The minimum atomic E-state index is -4.66. The van der Waals surface area contributed by atoms with Crippen molar-refractivity contribution in [1.82, 2.24) is 10.2 Å². The highest BCUT2D eigenvalue weighted by Crippen LogP contribution is 2.40. The summed E-state index contributed by atoms with van der Waals surface area (Å²) in [5, 5.41) is 13.5. The third-order valence-electron chi connectivity index (χ3n) is 8.48. The first-order chi connectivity index (χ1) is 20.0. The number of hydrogen-bond donors (Lipinski definition) is 3. The fourth-order valence-electron chi connectivity index (χ4n) is 6.22. The molecule has 2 fully saturated rings. The molecule has 0 unspecified atom stereocenters. The predicted molar refractivity (Wildman–Crippen MR) is 154 cm³/mol. The second-order valence-corrected chi connectivity index (χ2v) is 11.7. The van der Waals surface area contributed by atoms with Crippen molar-refractivity contribution < 1.29 is 32.7 Å². The molecule has 2 aliphatic carbocycles. The van der Waals surface area contributed by atoms with Crippen LogP contribution in [0.2, 0.25) is 5.02 Å². The van der Waals surface area contributed by atoms with Crippen LogP contribution < -0.4 is 10.6 Å². The van der Waals surface area contributed by atoms with Crippen molar-refractivity contribution in [2.24, 2.45) is 11.8 Å². The molecule has 0 atom stereocenters. The number of nitrogens with one attached hydrogen (secondary N) is 2. The molecule has 0 spiro atoms. The number of amides is 3. The van der Waals surface area contributed by atoms with Crippen LogP contribution in [0.15, 0.2) is 42.5 Å². The van der Waals surface area contributed by atoms with Gasteiger partial charge in [0.2, 0.25) is 0 Å². The molecule has 0 heterocycles. The highest BCUT2D eigenvalue weighted by molar-refractivity contribution is 6.31. The summed E-state index contributed by atoms with van der Waals surface area (Å²) in [6, 6.07) is 9.41. The Morgan fingerprint density at radius 3 is 2.17 bits per heavy atom. The number of halogens is 4. The van der Waals surface area contributed by atoms with E-state index >= 15 is 0 Å². The molecule has 11 heteroatoms. The fourth-order valence-corrected chi connectivity index (χ4v) is 6.44. The minimum Gasteiger partial charge on any atom is -0.481 e. The highest BCUT2D eigenvalue weighted by Gasteiger charge is 2.35. The van der Waals surface area contributed by atoms with E-state index in [9.17, 15) is 27.6 Å². The number of aliphatic carboxylic acids is 1. The summed E-state index contributed by atoms with van der Waals surface area (Å²) in [7, 11) is 0. The molecule has 0 aliphatic heterocycles. The normalized spacial score (nSPS) is 19.6. The number of hydrogen-bond acceptors (Lipinski definition) is 3. The fraction of sp³-hybridized carbons (Fsp3) is 0.516. The quantitative estimate of drug-likeness (QED) is 0.272. The zero-order valence-corrected chi connectivity index (χ0v) is 24.1. The van der Waals surface area contributed by atoms with Gasteiger partial charge in [-0.1, -0.05) is 55.8 Å². The molecule has 0 bridgehead atoms. The Morgan fingerprint density at radius 1 is 0.905 bits per heavy atom.